The summed E-state index contributed by atoms with van der Waals surface area (Å²) in [6, 6.07) is 7.18. The summed E-state index contributed by atoms with van der Waals surface area (Å²) in [6.45, 7) is 3.12. The quantitative estimate of drug-likeness (QED) is 0.283. The van der Waals surface area contributed by atoms with Gasteiger partial charge in [0.05, 0.1) is 6.54 Å². The van der Waals surface area contributed by atoms with Gasteiger partial charge in [0.25, 0.3) is 5.91 Å². The number of guanidine groups is 1. The SMILES string of the molecule is CCCNC(=O)c1cccc(CNC(=NC)NCc2nc(C(F)(F)F)cs2)c1.I. The van der Waals surface area contributed by atoms with Crippen LogP contribution < -0.4 is 16.0 Å². The summed E-state index contributed by atoms with van der Waals surface area (Å²) < 4.78 is 37.8. The second kappa shape index (κ2) is 12.0. The van der Waals surface area contributed by atoms with Gasteiger partial charge in [0.1, 0.15) is 5.01 Å². The van der Waals surface area contributed by atoms with Crippen molar-refractivity contribution in [2.24, 2.45) is 4.99 Å². The van der Waals surface area contributed by atoms with Crippen LogP contribution in [0.3, 0.4) is 0 Å². The molecule has 29 heavy (non-hydrogen) atoms. The van der Waals surface area contributed by atoms with E-state index in [0.717, 1.165) is 28.7 Å². The average Bonchev–Trinajstić information content (AvgIpc) is 3.16. The molecule has 160 valence electrons. The van der Waals surface area contributed by atoms with E-state index in [1.807, 2.05) is 13.0 Å². The Bertz CT molecular complexity index is 826. The molecule has 2 aromatic rings. The van der Waals surface area contributed by atoms with Crippen molar-refractivity contribution < 1.29 is 18.0 Å². The maximum absolute atomic E-state index is 12.6. The normalized spacial score (nSPS) is 11.6. The summed E-state index contributed by atoms with van der Waals surface area (Å²) in [5.41, 5.74) is 0.550. The molecule has 3 N–H and O–H groups in total. The van der Waals surface area contributed by atoms with E-state index in [2.05, 4.69) is 25.9 Å². The Morgan fingerprint density at radius 2 is 1.93 bits per heavy atom. The van der Waals surface area contributed by atoms with Crippen LogP contribution in [0.1, 0.15) is 40.0 Å². The molecule has 1 amide bonds. The van der Waals surface area contributed by atoms with E-state index in [-0.39, 0.29) is 36.4 Å². The van der Waals surface area contributed by atoms with Crippen LogP contribution in [-0.2, 0) is 19.3 Å². The fourth-order valence-electron chi connectivity index (χ4n) is 2.25. The van der Waals surface area contributed by atoms with Gasteiger partial charge in [-0.3, -0.25) is 9.79 Å². The molecule has 1 aromatic carbocycles. The number of rotatable bonds is 7. The number of hydrogen-bond acceptors (Lipinski definition) is 4. The lowest BCUT2D eigenvalue weighted by Gasteiger charge is -2.12. The fourth-order valence-corrected chi connectivity index (χ4v) is 2.99. The zero-order valence-corrected chi connectivity index (χ0v) is 19.1. The van der Waals surface area contributed by atoms with Crippen molar-refractivity contribution in [3.63, 3.8) is 0 Å². The lowest BCUT2D eigenvalue weighted by Crippen LogP contribution is -2.36. The van der Waals surface area contributed by atoms with Crippen LogP contribution in [0.15, 0.2) is 34.6 Å². The van der Waals surface area contributed by atoms with Crippen LogP contribution in [0.25, 0.3) is 0 Å². The third-order valence-electron chi connectivity index (χ3n) is 3.66. The number of hydrogen-bond donors (Lipinski definition) is 3. The highest BCUT2D eigenvalue weighted by molar-refractivity contribution is 14.0. The van der Waals surface area contributed by atoms with Gasteiger partial charge in [-0.2, -0.15) is 13.2 Å². The van der Waals surface area contributed by atoms with E-state index in [4.69, 9.17) is 0 Å². The number of thiazole rings is 1. The Labute approximate surface area is 188 Å². The van der Waals surface area contributed by atoms with Gasteiger partial charge in [-0.15, -0.1) is 35.3 Å². The van der Waals surface area contributed by atoms with Gasteiger partial charge < -0.3 is 16.0 Å². The molecule has 0 bridgehead atoms. The van der Waals surface area contributed by atoms with Crippen LogP contribution in [0.4, 0.5) is 13.2 Å². The summed E-state index contributed by atoms with van der Waals surface area (Å²) in [4.78, 5) is 19.6. The number of aliphatic imine (C=N–C) groups is 1. The summed E-state index contributed by atoms with van der Waals surface area (Å²) >= 11 is 0.934. The Morgan fingerprint density at radius 1 is 1.21 bits per heavy atom. The highest BCUT2D eigenvalue weighted by Crippen LogP contribution is 2.29. The van der Waals surface area contributed by atoms with Gasteiger partial charge in [-0.05, 0) is 24.1 Å². The number of benzene rings is 1. The molecule has 0 fully saturated rings. The molecule has 1 heterocycles. The van der Waals surface area contributed by atoms with Gasteiger partial charge in [0, 0.05) is 31.1 Å². The minimum Gasteiger partial charge on any atom is -0.352 e. The molecule has 1 aromatic heterocycles. The standard InChI is InChI=1S/C18H22F3N5OS.HI/c1-3-7-23-16(27)13-6-4-5-12(8-13)9-24-17(22-2)25-10-15-26-14(11-28-15)18(19,20)21;/h4-6,8,11H,3,7,9-10H2,1-2H3,(H,23,27)(H2,22,24,25);1H. The van der Waals surface area contributed by atoms with E-state index in [9.17, 15) is 18.0 Å². The van der Waals surface area contributed by atoms with Crippen molar-refractivity contribution in [1.82, 2.24) is 20.9 Å². The van der Waals surface area contributed by atoms with Crippen molar-refractivity contribution in [3.05, 3.63) is 51.5 Å². The van der Waals surface area contributed by atoms with Crippen LogP contribution in [0.2, 0.25) is 0 Å². The third kappa shape index (κ3) is 8.17. The number of halogens is 4. The first-order valence-electron chi connectivity index (χ1n) is 8.66. The van der Waals surface area contributed by atoms with Gasteiger partial charge in [-0.25, -0.2) is 4.98 Å². The molecule has 0 unspecified atom stereocenters. The molecule has 6 nitrogen and oxygen atoms in total. The van der Waals surface area contributed by atoms with Crippen molar-refractivity contribution in [2.45, 2.75) is 32.6 Å². The minimum absolute atomic E-state index is 0. The second-order valence-electron chi connectivity index (χ2n) is 5.86. The molecule has 0 radical (unpaired) electrons. The average molecular weight is 541 g/mol. The van der Waals surface area contributed by atoms with Crippen molar-refractivity contribution in [2.75, 3.05) is 13.6 Å². The number of nitrogens with zero attached hydrogens (tertiary/aromatic N) is 2. The lowest BCUT2D eigenvalue weighted by molar-refractivity contribution is -0.140. The molecule has 11 heteroatoms. The fraction of sp³-hybridized carbons (Fsp3) is 0.389. The predicted octanol–water partition coefficient (Wildman–Crippen LogP) is 3.78. The largest absolute Gasteiger partial charge is 0.434 e. The summed E-state index contributed by atoms with van der Waals surface area (Å²) in [5, 5.41) is 10.1. The van der Waals surface area contributed by atoms with Crippen LogP contribution in [0, 0.1) is 0 Å². The van der Waals surface area contributed by atoms with Crippen LogP contribution >= 0.6 is 35.3 Å². The van der Waals surface area contributed by atoms with Gasteiger partial charge in [0.15, 0.2) is 11.7 Å². The zero-order chi connectivity index (χ0) is 20.6. The maximum Gasteiger partial charge on any atom is 0.434 e. The molecule has 0 aliphatic rings. The number of amides is 1. The monoisotopic (exact) mass is 541 g/mol. The first-order valence-corrected chi connectivity index (χ1v) is 9.54. The molecule has 2 rings (SSSR count). The lowest BCUT2D eigenvalue weighted by atomic mass is 10.1. The number of alkyl halides is 3. The summed E-state index contributed by atoms with van der Waals surface area (Å²) in [7, 11) is 1.56. The highest BCUT2D eigenvalue weighted by atomic mass is 127. The maximum atomic E-state index is 12.6. The number of nitrogens with one attached hydrogen (secondary N) is 3. The molecule has 0 saturated heterocycles. The second-order valence-corrected chi connectivity index (χ2v) is 6.80. The molecular formula is C18H23F3IN5OS. The minimum atomic E-state index is -4.44. The van der Waals surface area contributed by atoms with E-state index < -0.39 is 11.9 Å². The molecule has 0 aliphatic heterocycles. The highest BCUT2D eigenvalue weighted by Gasteiger charge is 2.33. The topological polar surface area (TPSA) is 78.4 Å². The van der Waals surface area contributed by atoms with Gasteiger partial charge in [0.2, 0.25) is 0 Å². The van der Waals surface area contributed by atoms with E-state index >= 15 is 0 Å². The number of carbonyl (C=O) groups excluding carboxylic acids is 1. The summed E-state index contributed by atoms with van der Waals surface area (Å²) in [5.74, 6) is 0.292. The van der Waals surface area contributed by atoms with Crippen molar-refractivity contribution >= 4 is 47.2 Å². The Morgan fingerprint density at radius 3 is 2.55 bits per heavy atom. The molecule has 0 atom stereocenters. The van der Waals surface area contributed by atoms with E-state index in [1.54, 1.807) is 25.2 Å². The number of carbonyl (C=O) groups is 1. The molecule has 0 aliphatic carbocycles. The molecule has 0 saturated carbocycles. The van der Waals surface area contributed by atoms with Crippen molar-refractivity contribution in [3.8, 4) is 0 Å². The zero-order valence-electron chi connectivity index (χ0n) is 16.0. The van der Waals surface area contributed by atoms with Gasteiger partial charge in [-0.1, -0.05) is 19.1 Å². The summed E-state index contributed by atoms with van der Waals surface area (Å²) in [6.07, 6.45) is -3.58. The van der Waals surface area contributed by atoms with Crippen LogP contribution in [0.5, 0.6) is 0 Å². The Hall–Kier alpha value is -1.89. The van der Waals surface area contributed by atoms with Gasteiger partial charge >= 0.3 is 6.18 Å². The van der Waals surface area contributed by atoms with Crippen LogP contribution in [-0.4, -0.2) is 30.4 Å². The smallest absolute Gasteiger partial charge is 0.352 e. The first kappa shape index (κ1) is 25.1. The van der Waals surface area contributed by atoms with E-state index in [0.29, 0.717) is 29.6 Å². The third-order valence-corrected chi connectivity index (χ3v) is 4.51. The van der Waals surface area contributed by atoms with E-state index in [1.165, 1.54) is 0 Å². The molecular weight excluding hydrogens is 518 g/mol. The van der Waals surface area contributed by atoms with Crippen molar-refractivity contribution in [1.29, 1.82) is 0 Å². The predicted molar refractivity (Wildman–Crippen MR) is 119 cm³/mol. The number of aromatic nitrogens is 1. The first-order chi connectivity index (χ1) is 13.3. The Kier molecular flexibility index (Phi) is 10.4. The molecule has 0 spiro atoms. The Balaban J connectivity index is 0.00000420.